The standard InChI is InChI=1S/C17H17N3O2/c1-11(2)10-20-15-4-3-12(7-14(15)9-18)16-8-13(17(21)22)5-6-19-16/h3-8,11,20H,10H2,1-2H3,(H,21,22). The van der Waals surface area contributed by atoms with Crippen molar-refractivity contribution in [3.05, 3.63) is 47.7 Å². The Morgan fingerprint density at radius 3 is 2.77 bits per heavy atom. The van der Waals surface area contributed by atoms with Crippen LogP contribution >= 0.6 is 0 Å². The smallest absolute Gasteiger partial charge is 0.335 e. The van der Waals surface area contributed by atoms with Crippen LogP contribution in [0.2, 0.25) is 0 Å². The topological polar surface area (TPSA) is 86.0 Å². The Bertz CT molecular complexity index is 733. The highest BCUT2D eigenvalue weighted by Gasteiger charge is 2.09. The van der Waals surface area contributed by atoms with Gasteiger partial charge in [-0.05, 0) is 30.2 Å². The molecule has 2 N–H and O–H groups in total. The summed E-state index contributed by atoms with van der Waals surface area (Å²) < 4.78 is 0. The summed E-state index contributed by atoms with van der Waals surface area (Å²) >= 11 is 0. The summed E-state index contributed by atoms with van der Waals surface area (Å²) in [5, 5.41) is 21.6. The number of benzene rings is 1. The van der Waals surface area contributed by atoms with E-state index >= 15 is 0 Å². The van der Waals surface area contributed by atoms with Gasteiger partial charge in [0.15, 0.2) is 0 Å². The number of pyridine rings is 1. The van der Waals surface area contributed by atoms with Crippen LogP contribution in [0.5, 0.6) is 0 Å². The van der Waals surface area contributed by atoms with E-state index in [1.807, 2.05) is 12.1 Å². The lowest BCUT2D eigenvalue weighted by Gasteiger charge is -2.11. The molecule has 2 aromatic rings. The quantitative estimate of drug-likeness (QED) is 0.883. The number of aromatic nitrogens is 1. The molecule has 0 amide bonds. The number of anilines is 1. The molecule has 0 spiro atoms. The molecule has 22 heavy (non-hydrogen) atoms. The molecule has 1 aromatic carbocycles. The van der Waals surface area contributed by atoms with Crippen molar-refractivity contribution < 1.29 is 9.90 Å². The van der Waals surface area contributed by atoms with Crippen LogP contribution in [-0.4, -0.2) is 22.6 Å². The van der Waals surface area contributed by atoms with Gasteiger partial charge in [-0.15, -0.1) is 0 Å². The molecule has 2 rings (SSSR count). The first-order chi connectivity index (χ1) is 10.5. The van der Waals surface area contributed by atoms with Crippen molar-refractivity contribution in [1.82, 2.24) is 4.98 Å². The van der Waals surface area contributed by atoms with Gasteiger partial charge >= 0.3 is 5.97 Å². The van der Waals surface area contributed by atoms with Crippen LogP contribution in [-0.2, 0) is 0 Å². The van der Waals surface area contributed by atoms with Crippen LogP contribution in [0.3, 0.4) is 0 Å². The molecule has 5 nitrogen and oxygen atoms in total. The van der Waals surface area contributed by atoms with Gasteiger partial charge in [0, 0.05) is 18.3 Å². The maximum Gasteiger partial charge on any atom is 0.335 e. The number of nitrogens with one attached hydrogen (secondary N) is 1. The lowest BCUT2D eigenvalue weighted by Crippen LogP contribution is -2.09. The van der Waals surface area contributed by atoms with Gasteiger partial charge in [-0.25, -0.2) is 4.79 Å². The Labute approximate surface area is 129 Å². The monoisotopic (exact) mass is 295 g/mol. The number of nitrogens with zero attached hydrogens (tertiary/aromatic N) is 2. The number of carboxylic acids is 1. The Morgan fingerprint density at radius 1 is 1.36 bits per heavy atom. The van der Waals surface area contributed by atoms with Gasteiger partial charge in [0.05, 0.1) is 22.5 Å². The van der Waals surface area contributed by atoms with Gasteiger partial charge in [-0.1, -0.05) is 19.9 Å². The third-order valence-corrected chi connectivity index (χ3v) is 3.14. The van der Waals surface area contributed by atoms with E-state index < -0.39 is 5.97 Å². The van der Waals surface area contributed by atoms with Crippen molar-refractivity contribution in [1.29, 1.82) is 5.26 Å². The summed E-state index contributed by atoms with van der Waals surface area (Å²) in [5.74, 6) is -0.528. The number of rotatable bonds is 5. The van der Waals surface area contributed by atoms with E-state index in [1.165, 1.54) is 18.3 Å². The van der Waals surface area contributed by atoms with Crippen LogP contribution in [0.4, 0.5) is 5.69 Å². The van der Waals surface area contributed by atoms with Crippen molar-refractivity contribution in [2.75, 3.05) is 11.9 Å². The summed E-state index contributed by atoms with van der Waals surface area (Å²) in [5.41, 5.74) is 2.71. The van der Waals surface area contributed by atoms with Crippen molar-refractivity contribution in [3.63, 3.8) is 0 Å². The van der Waals surface area contributed by atoms with Crippen molar-refractivity contribution in [2.24, 2.45) is 5.92 Å². The molecule has 0 atom stereocenters. The van der Waals surface area contributed by atoms with Gasteiger partial charge < -0.3 is 10.4 Å². The molecule has 112 valence electrons. The lowest BCUT2D eigenvalue weighted by molar-refractivity contribution is 0.0697. The fraction of sp³-hybridized carbons (Fsp3) is 0.235. The molecule has 1 aromatic heterocycles. The first-order valence-corrected chi connectivity index (χ1v) is 6.99. The number of hydrogen-bond acceptors (Lipinski definition) is 4. The molecule has 0 radical (unpaired) electrons. The Morgan fingerprint density at radius 2 is 2.14 bits per heavy atom. The molecule has 0 unspecified atom stereocenters. The van der Waals surface area contributed by atoms with Crippen molar-refractivity contribution >= 4 is 11.7 Å². The molecule has 0 aliphatic rings. The fourth-order valence-electron chi connectivity index (χ4n) is 1.99. The maximum absolute atomic E-state index is 11.0. The van der Waals surface area contributed by atoms with E-state index in [1.54, 1.807) is 6.07 Å². The van der Waals surface area contributed by atoms with Crippen LogP contribution in [0.1, 0.15) is 29.8 Å². The normalized spacial score (nSPS) is 10.3. The van der Waals surface area contributed by atoms with Crippen molar-refractivity contribution in [3.8, 4) is 17.3 Å². The lowest BCUT2D eigenvalue weighted by atomic mass is 10.0. The van der Waals surface area contributed by atoms with E-state index in [2.05, 4.69) is 30.2 Å². The SMILES string of the molecule is CC(C)CNc1ccc(-c2cc(C(=O)O)ccn2)cc1C#N. The molecule has 1 heterocycles. The molecule has 5 heteroatoms. The zero-order valence-corrected chi connectivity index (χ0v) is 12.5. The van der Waals surface area contributed by atoms with Crippen LogP contribution in [0.15, 0.2) is 36.5 Å². The van der Waals surface area contributed by atoms with Gasteiger partial charge in [0.1, 0.15) is 6.07 Å². The van der Waals surface area contributed by atoms with Crippen LogP contribution < -0.4 is 5.32 Å². The largest absolute Gasteiger partial charge is 0.478 e. The molecule has 0 fully saturated rings. The number of hydrogen-bond donors (Lipinski definition) is 2. The zero-order chi connectivity index (χ0) is 16.1. The summed E-state index contributed by atoms with van der Waals surface area (Å²) in [6.07, 6.45) is 1.45. The maximum atomic E-state index is 11.0. The van der Waals surface area contributed by atoms with E-state index in [0.717, 1.165) is 17.8 Å². The average Bonchev–Trinajstić information content (AvgIpc) is 2.52. The van der Waals surface area contributed by atoms with Crippen LogP contribution in [0, 0.1) is 17.2 Å². The summed E-state index contributed by atoms with van der Waals surface area (Å²) in [6.45, 7) is 4.96. The molecule has 0 aliphatic carbocycles. The van der Waals surface area contributed by atoms with E-state index in [9.17, 15) is 10.1 Å². The third kappa shape index (κ3) is 3.61. The molecule has 0 bridgehead atoms. The number of carbonyl (C=O) groups is 1. The first-order valence-electron chi connectivity index (χ1n) is 6.99. The minimum Gasteiger partial charge on any atom is -0.478 e. The molecular weight excluding hydrogens is 278 g/mol. The number of nitriles is 1. The van der Waals surface area contributed by atoms with E-state index in [4.69, 9.17) is 5.11 Å². The second-order valence-electron chi connectivity index (χ2n) is 5.38. The first kappa shape index (κ1) is 15.5. The Balaban J connectivity index is 2.35. The van der Waals surface area contributed by atoms with E-state index in [0.29, 0.717) is 17.2 Å². The predicted octanol–water partition coefficient (Wildman–Crippen LogP) is 3.39. The average molecular weight is 295 g/mol. The fourth-order valence-corrected chi connectivity index (χ4v) is 1.99. The van der Waals surface area contributed by atoms with Gasteiger partial charge in [-0.3, -0.25) is 4.98 Å². The molecule has 0 saturated carbocycles. The second kappa shape index (κ2) is 6.72. The summed E-state index contributed by atoms with van der Waals surface area (Å²) in [6, 6.07) is 10.5. The number of carboxylic acid groups (broad SMARTS) is 1. The Hall–Kier alpha value is -2.87. The zero-order valence-electron chi connectivity index (χ0n) is 12.5. The summed E-state index contributed by atoms with van der Waals surface area (Å²) in [4.78, 5) is 15.2. The summed E-state index contributed by atoms with van der Waals surface area (Å²) in [7, 11) is 0. The highest BCUT2D eigenvalue weighted by atomic mass is 16.4. The minimum absolute atomic E-state index is 0.172. The Kier molecular flexibility index (Phi) is 4.74. The molecule has 0 aliphatic heterocycles. The van der Waals surface area contributed by atoms with Crippen molar-refractivity contribution in [2.45, 2.75) is 13.8 Å². The predicted molar refractivity (Wildman–Crippen MR) is 84.7 cm³/mol. The highest BCUT2D eigenvalue weighted by molar-refractivity contribution is 5.89. The highest BCUT2D eigenvalue weighted by Crippen LogP contribution is 2.24. The van der Waals surface area contributed by atoms with Gasteiger partial charge in [0.2, 0.25) is 0 Å². The second-order valence-corrected chi connectivity index (χ2v) is 5.38. The molecule has 0 saturated heterocycles. The van der Waals surface area contributed by atoms with Crippen LogP contribution in [0.25, 0.3) is 11.3 Å². The number of aromatic carboxylic acids is 1. The van der Waals surface area contributed by atoms with E-state index in [-0.39, 0.29) is 5.56 Å². The van der Waals surface area contributed by atoms with Gasteiger partial charge in [-0.2, -0.15) is 5.26 Å². The van der Waals surface area contributed by atoms with Gasteiger partial charge in [0.25, 0.3) is 0 Å². The third-order valence-electron chi connectivity index (χ3n) is 3.14. The minimum atomic E-state index is -1.00. The molecular formula is C17H17N3O2.